The van der Waals surface area contributed by atoms with Gasteiger partial charge < -0.3 is 16.0 Å². The molecule has 3 N–H and O–H groups in total. The fraction of sp³-hybridized carbons (Fsp3) is 1.00. The van der Waals surface area contributed by atoms with Gasteiger partial charge in [0.15, 0.2) is 0 Å². The van der Waals surface area contributed by atoms with Crippen molar-refractivity contribution in [3.63, 3.8) is 0 Å². The molecule has 0 aromatic carbocycles. The third kappa shape index (κ3) is 10.3. The molecule has 4 heteroatoms. The van der Waals surface area contributed by atoms with Crippen LogP contribution in [-0.2, 0) is 0 Å². The fourth-order valence-electron chi connectivity index (χ4n) is 2.13. The Balaban J connectivity index is 4.21. The average Bonchev–Trinajstić information content (AvgIpc) is 2.34. The van der Waals surface area contributed by atoms with Crippen molar-refractivity contribution in [2.24, 2.45) is 5.92 Å². The highest BCUT2D eigenvalue weighted by Gasteiger charge is 2.16. The Bertz CT molecular complexity index is 195. The predicted octanol–water partition coefficient (Wildman–Crippen LogP) is 1.14. The zero-order valence-corrected chi connectivity index (χ0v) is 13.9. The van der Waals surface area contributed by atoms with E-state index in [0.29, 0.717) is 18.0 Å². The second-order valence-electron chi connectivity index (χ2n) is 5.92. The van der Waals surface area contributed by atoms with Crippen LogP contribution in [0.3, 0.4) is 0 Å². The van der Waals surface area contributed by atoms with E-state index in [0.717, 1.165) is 39.3 Å². The summed E-state index contributed by atoms with van der Waals surface area (Å²) in [5.74, 6) is 0.676. The SMILES string of the molecule is CCNC(CN(CCNC)CCNC(C)C)C(C)C. The summed E-state index contributed by atoms with van der Waals surface area (Å²) >= 11 is 0. The van der Waals surface area contributed by atoms with Gasteiger partial charge in [-0.2, -0.15) is 0 Å². The van der Waals surface area contributed by atoms with Gasteiger partial charge in [-0.25, -0.2) is 0 Å². The first kappa shape index (κ1) is 18.8. The molecular weight excluding hydrogens is 236 g/mol. The van der Waals surface area contributed by atoms with Crippen LogP contribution >= 0.6 is 0 Å². The van der Waals surface area contributed by atoms with E-state index >= 15 is 0 Å². The zero-order chi connectivity index (χ0) is 14.7. The largest absolute Gasteiger partial charge is 0.318 e. The lowest BCUT2D eigenvalue weighted by atomic mass is 10.0. The van der Waals surface area contributed by atoms with Gasteiger partial charge in [0.2, 0.25) is 0 Å². The average molecular weight is 272 g/mol. The molecule has 0 radical (unpaired) electrons. The molecule has 0 aliphatic rings. The molecule has 19 heavy (non-hydrogen) atoms. The van der Waals surface area contributed by atoms with Crippen molar-refractivity contribution in [1.29, 1.82) is 0 Å². The quantitative estimate of drug-likeness (QED) is 0.498. The standard InChI is InChI=1S/C15H36N4/c1-7-17-15(13(2)3)12-19(10-8-16-6)11-9-18-14(4)5/h13-18H,7-12H2,1-6H3. The number of hydrogen-bond donors (Lipinski definition) is 3. The minimum Gasteiger partial charge on any atom is -0.318 e. The van der Waals surface area contributed by atoms with E-state index in [2.05, 4.69) is 55.5 Å². The minimum atomic E-state index is 0.570. The van der Waals surface area contributed by atoms with E-state index in [4.69, 9.17) is 0 Å². The van der Waals surface area contributed by atoms with Gasteiger partial charge in [-0.3, -0.25) is 4.90 Å². The Kier molecular flexibility index (Phi) is 11.6. The first-order valence-corrected chi connectivity index (χ1v) is 7.84. The maximum atomic E-state index is 3.61. The molecule has 0 fully saturated rings. The smallest absolute Gasteiger partial charge is 0.0217 e. The van der Waals surface area contributed by atoms with E-state index in [1.54, 1.807) is 0 Å². The highest BCUT2D eigenvalue weighted by Crippen LogP contribution is 2.04. The van der Waals surface area contributed by atoms with E-state index in [1.165, 1.54) is 0 Å². The second-order valence-corrected chi connectivity index (χ2v) is 5.92. The monoisotopic (exact) mass is 272 g/mol. The minimum absolute atomic E-state index is 0.570. The first-order valence-electron chi connectivity index (χ1n) is 7.84. The van der Waals surface area contributed by atoms with Gasteiger partial charge in [0.1, 0.15) is 0 Å². The van der Waals surface area contributed by atoms with Crippen LogP contribution in [0.5, 0.6) is 0 Å². The van der Waals surface area contributed by atoms with Crippen LogP contribution in [0.25, 0.3) is 0 Å². The molecule has 1 atom stereocenters. The molecule has 116 valence electrons. The van der Waals surface area contributed by atoms with Crippen LogP contribution in [0.1, 0.15) is 34.6 Å². The van der Waals surface area contributed by atoms with Crippen LogP contribution in [0.4, 0.5) is 0 Å². The molecular formula is C15H36N4. The third-order valence-corrected chi connectivity index (χ3v) is 3.38. The van der Waals surface area contributed by atoms with Crippen LogP contribution in [0.15, 0.2) is 0 Å². The predicted molar refractivity (Wildman–Crippen MR) is 85.8 cm³/mol. The zero-order valence-electron chi connectivity index (χ0n) is 13.9. The van der Waals surface area contributed by atoms with Crippen LogP contribution in [-0.4, -0.2) is 63.3 Å². The molecule has 0 heterocycles. The molecule has 4 nitrogen and oxygen atoms in total. The maximum Gasteiger partial charge on any atom is 0.0217 e. The van der Waals surface area contributed by atoms with E-state index < -0.39 is 0 Å². The van der Waals surface area contributed by atoms with Crippen molar-refractivity contribution in [1.82, 2.24) is 20.9 Å². The first-order chi connectivity index (χ1) is 9.01. The Morgan fingerprint density at radius 3 is 2.05 bits per heavy atom. The number of nitrogens with one attached hydrogen (secondary N) is 3. The number of hydrogen-bond acceptors (Lipinski definition) is 4. The summed E-state index contributed by atoms with van der Waals surface area (Å²) in [6.45, 7) is 17.7. The Labute approximate surface area is 120 Å². The Hall–Kier alpha value is -0.160. The fourth-order valence-corrected chi connectivity index (χ4v) is 2.13. The van der Waals surface area contributed by atoms with Gasteiger partial charge in [-0.15, -0.1) is 0 Å². The molecule has 0 aliphatic carbocycles. The molecule has 0 aliphatic heterocycles. The Morgan fingerprint density at radius 1 is 0.947 bits per heavy atom. The molecule has 0 saturated heterocycles. The topological polar surface area (TPSA) is 39.3 Å². The summed E-state index contributed by atoms with van der Waals surface area (Å²) < 4.78 is 0. The lowest BCUT2D eigenvalue weighted by Crippen LogP contribution is -2.47. The summed E-state index contributed by atoms with van der Waals surface area (Å²) in [7, 11) is 2.02. The molecule has 0 rings (SSSR count). The number of rotatable bonds is 12. The summed E-state index contributed by atoms with van der Waals surface area (Å²) in [4.78, 5) is 2.55. The van der Waals surface area contributed by atoms with Crippen molar-refractivity contribution in [3.05, 3.63) is 0 Å². The van der Waals surface area contributed by atoms with Gasteiger partial charge in [0.25, 0.3) is 0 Å². The summed E-state index contributed by atoms with van der Waals surface area (Å²) in [5, 5.41) is 10.4. The van der Waals surface area contributed by atoms with Crippen molar-refractivity contribution < 1.29 is 0 Å². The molecule has 0 aromatic heterocycles. The molecule has 0 saturated carbocycles. The Morgan fingerprint density at radius 2 is 1.58 bits per heavy atom. The van der Waals surface area contributed by atoms with E-state index in [1.807, 2.05) is 7.05 Å². The normalized spacial score (nSPS) is 13.7. The number of nitrogens with zero attached hydrogens (tertiary/aromatic N) is 1. The summed E-state index contributed by atoms with van der Waals surface area (Å²) in [6, 6.07) is 1.15. The van der Waals surface area contributed by atoms with Crippen molar-refractivity contribution in [3.8, 4) is 0 Å². The maximum absolute atomic E-state index is 3.61. The molecule has 0 amide bonds. The van der Waals surface area contributed by atoms with Gasteiger partial charge in [0.05, 0.1) is 0 Å². The lowest BCUT2D eigenvalue weighted by Gasteiger charge is -2.30. The van der Waals surface area contributed by atoms with Crippen molar-refractivity contribution >= 4 is 0 Å². The van der Waals surface area contributed by atoms with Gasteiger partial charge >= 0.3 is 0 Å². The van der Waals surface area contributed by atoms with Crippen LogP contribution < -0.4 is 16.0 Å². The second kappa shape index (κ2) is 11.6. The highest BCUT2D eigenvalue weighted by molar-refractivity contribution is 4.76. The van der Waals surface area contributed by atoms with Crippen molar-refractivity contribution in [2.45, 2.75) is 46.7 Å². The van der Waals surface area contributed by atoms with Crippen LogP contribution in [0, 0.1) is 5.92 Å². The molecule has 1 unspecified atom stereocenters. The van der Waals surface area contributed by atoms with Gasteiger partial charge in [-0.05, 0) is 19.5 Å². The lowest BCUT2D eigenvalue weighted by molar-refractivity contribution is 0.219. The summed E-state index contributed by atoms with van der Waals surface area (Å²) in [5.41, 5.74) is 0. The van der Waals surface area contributed by atoms with E-state index in [9.17, 15) is 0 Å². The third-order valence-electron chi connectivity index (χ3n) is 3.38. The molecule has 0 bridgehead atoms. The highest BCUT2D eigenvalue weighted by atomic mass is 15.2. The van der Waals surface area contributed by atoms with Gasteiger partial charge in [0, 0.05) is 44.8 Å². The van der Waals surface area contributed by atoms with Crippen molar-refractivity contribution in [2.75, 3.05) is 46.3 Å². The van der Waals surface area contributed by atoms with Gasteiger partial charge in [-0.1, -0.05) is 34.6 Å². The molecule has 0 aromatic rings. The van der Waals surface area contributed by atoms with Crippen LogP contribution in [0.2, 0.25) is 0 Å². The summed E-state index contributed by atoms with van der Waals surface area (Å²) in [6.07, 6.45) is 0. The molecule has 0 spiro atoms. The number of likely N-dealkylation sites (N-methyl/N-ethyl adjacent to an activating group) is 2. The van der Waals surface area contributed by atoms with E-state index in [-0.39, 0.29) is 0 Å².